The molecule has 2 rings (SSSR count). The molecule has 128 valence electrons. The van der Waals surface area contributed by atoms with Crippen LogP contribution >= 0.6 is 0 Å². The van der Waals surface area contributed by atoms with E-state index in [4.69, 9.17) is 4.74 Å². The molecule has 1 aliphatic heterocycles. The molecule has 1 heterocycles. The summed E-state index contributed by atoms with van der Waals surface area (Å²) in [6.45, 7) is 11.0. The number of benzene rings is 1. The fraction of sp³-hybridized carbons (Fsp3) is 0.650. The molecule has 0 spiro atoms. The van der Waals surface area contributed by atoms with E-state index in [1.165, 1.54) is 11.1 Å². The molecular weight excluding hydrogens is 286 g/mol. The van der Waals surface area contributed by atoms with Crippen molar-refractivity contribution in [1.82, 2.24) is 4.90 Å². The second-order valence-corrected chi connectivity index (χ2v) is 7.42. The van der Waals surface area contributed by atoms with Crippen molar-refractivity contribution >= 4 is 5.91 Å². The number of carbonyl (C=O) groups excluding carboxylic acids is 1. The molecule has 1 unspecified atom stereocenters. The molecule has 0 radical (unpaired) electrons. The van der Waals surface area contributed by atoms with Crippen LogP contribution in [0.25, 0.3) is 0 Å². The Morgan fingerprint density at radius 1 is 1.26 bits per heavy atom. The van der Waals surface area contributed by atoms with Gasteiger partial charge in [-0.3, -0.25) is 4.79 Å². The van der Waals surface area contributed by atoms with Crippen molar-refractivity contribution in [1.29, 1.82) is 0 Å². The zero-order chi connectivity index (χ0) is 16.9. The Hall–Kier alpha value is -1.35. The average Bonchev–Trinajstić information content (AvgIpc) is 3.00. The molecular formula is C20H31NO2. The van der Waals surface area contributed by atoms with Gasteiger partial charge in [-0.25, -0.2) is 0 Å². The number of carbonyl (C=O) groups is 1. The van der Waals surface area contributed by atoms with Gasteiger partial charge in [0.05, 0.1) is 6.04 Å². The van der Waals surface area contributed by atoms with Crippen molar-refractivity contribution in [2.45, 2.75) is 64.8 Å². The van der Waals surface area contributed by atoms with Crippen molar-refractivity contribution < 1.29 is 9.53 Å². The molecule has 1 aromatic rings. The minimum Gasteiger partial charge on any atom is -0.382 e. The summed E-state index contributed by atoms with van der Waals surface area (Å²) in [6, 6.07) is 9.09. The largest absolute Gasteiger partial charge is 0.382 e. The van der Waals surface area contributed by atoms with Crippen molar-refractivity contribution in [2.75, 3.05) is 19.8 Å². The Morgan fingerprint density at radius 3 is 2.57 bits per heavy atom. The van der Waals surface area contributed by atoms with Gasteiger partial charge in [0.2, 0.25) is 5.91 Å². The molecule has 0 N–H and O–H groups in total. The van der Waals surface area contributed by atoms with Crippen molar-refractivity contribution in [3.63, 3.8) is 0 Å². The highest BCUT2D eigenvalue weighted by Crippen LogP contribution is 2.33. The number of hydrogen-bond acceptors (Lipinski definition) is 2. The van der Waals surface area contributed by atoms with Crippen molar-refractivity contribution in [3.05, 3.63) is 35.4 Å². The van der Waals surface area contributed by atoms with E-state index in [2.05, 4.69) is 49.9 Å². The Kier molecular flexibility index (Phi) is 6.23. The monoisotopic (exact) mass is 317 g/mol. The summed E-state index contributed by atoms with van der Waals surface area (Å²) in [5.74, 6) is 0.270. The zero-order valence-electron chi connectivity index (χ0n) is 15.1. The van der Waals surface area contributed by atoms with Crippen LogP contribution in [0.5, 0.6) is 0 Å². The van der Waals surface area contributed by atoms with Gasteiger partial charge in [-0.05, 0) is 42.7 Å². The maximum atomic E-state index is 12.5. The Morgan fingerprint density at radius 2 is 1.96 bits per heavy atom. The standard InChI is InChI=1S/C20H31NO2/c1-5-23-15-7-9-19(22)21-14-6-8-18(21)16-10-12-17(13-11-16)20(2,3)4/h10-13,18H,5-9,14-15H2,1-4H3. The normalized spacial score (nSPS) is 18.4. The summed E-state index contributed by atoms with van der Waals surface area (Å²) in [5.41, 5.74) is 2.78. The Labute approximate surface area is 141 Å². The predicted octanol–water partition coefficient (Wildman–Crippen LogP) is 4.46. The predicted molar refractivity (Wildman–Crippen MR) is 94.6 cm³/mol. The first-order valence-corrected chi connectivity index (χ1v) is 8.91. The molecule has 0 aliphatic carbocycles. The molecule has 23 heavy (non-hydrogen) atoms. The summed E-state index contributed by atoms with van der Waals surface area (Å²) in [7, 11) is 0. The summed E-state index contributed by atoms with van der Waals surface area (Å²) in [4.78, 5) is 14.6. The maximum Gasteiger partial charge on any atom is 0.223 e. The topological polar surface area (TPSA) is 29.5 Å². The maximum absolute atomic E-state index is 12.5. The molecule has 3 nitrogen and oxygen atoms in total. The second kappa shape index (κ2) is 7.96. The fourth-order valence-corrected chi connectivity index (χ4v) is 3.23. The van der Waals surface area contributed by atoms with Crippen molar-refractivity contribution in [3.8, 4) is 0 Å². The number of rotatable bonds is 6. The van der Waals surface area contributed by atoms with E-state index >= 15 is 0 Å². The van der Waals surface area contributed by atoms with Crippen LogP contribution in [-0.4, -0.2) is 30.6 Å². The van der Waals surface area contributed by atoms with E-state index in [9.17, 15) is 4.79 Å². The van der Waals surface area contributed by atoms with E-state index in [0.29, 0.717) is 13.0 Å². The molecule has 1 aromatic carbocycles. The van der Waals surface area contributed by atoms with Crippen LogP contribution in [0, 0.1) is 0 Å². The third kappa shape index (κ3) is 4.81. The molecule has 1 atom stereocenters. The minimum absolute atomic E-state index is 0.170. The first kappa shape index (κ1) is 18.0. The van der Waals surface area contributed by atoms with Crippen LogP contribution in [0.1, 0.15) is 70.5 Å². The molecule has 1 saturated heterocycles. The summed E-state index contributed by atoms with van der Waals surface area (Å²) >= 11 is 0. The molecule has 1 aliphatic rings. The molecule has 1 amide bonds. The van der Waals surface area contributed by atoms with Gasteiger partial charge in [-0.15, -0.1) is 0 Å². The quantitative estimate of drug-likeness (QED) is 0.725. The van der Waals surface area contributed by atoms with Crippen LogP contribution < -0.4 is 0 Å². The minimum atomic E-state index is 0.170. The van der Waals surface area contributed by atoms with Gasteiger partial charge < -0.3 is 9.64 Å². The third-order valence-electron chi connectivity index (χ3n) is 4.62. The number of likely N-dealkylation sites (tertiary alicyclic amines) is 1. The highest BCUT2D eigenvalue weighted by Gasteiger charge is 2.29. The van der Waals surface area contributed by atoms with Gasteiger partial charge in [0.25, 0.3) is 0 Å². The van der Waals surface area contributed by atoms with Crippen LogP contribution in [0.15, 0.2) is 24.3 Å². The van der Waals surface area contributed by atoms with Crippen LogP contribution in [0.3, 0.4) is 0 Å². The number of amides is 1. The molecule has 0 saturated carbocycles. The van der Waals surface area contributed by atoms with Crippen LogP contribution in [0.4, 0.5) is 0 Å². The third-order valence-corrected chi connectivity index (χ3v) is 4.62. The highest BCUT2D eigenvalue weighted by molar-refractivity contribution is 5.77. The summed E-state index contributed by atoms with van der Waals surface area (Å²) in [6.07, 6.45) is 3.59. The van der Waals surface area contributed by atoms with E-state index in [0.717, 1.165) is 32.4 Å². The lowest BCUT2D eigenvalue weighted by Crippen LogP contribution is -2.30. The van der Waals surface area contributed by atoms with Gasteiger partial charge in [-0.2, -0.15) is 0 Å². The van der Waals surface area contributed by atoms with E-state index in [1.54, 1.807) is 0 Å². The average molecular weight is 317 g/mol. The van der Waals surface area contributed by atoms with Crippen molar-refractivity contribution in [2.24, 2.45) is 0 Å². The SMILES string of the molecule is CCOCCCC(=O)N1CCCC1c1ccc(C(C)(C)C)cc1. The van der Waals surface area contributed by atoms with Gasteiger partial charge in [0, 0.05) is 26.2 Å². The molecule has 3 heteroatoms. The lowest BCUT2D eigenvalue weighted by molar-refractivity contribution is -0.132. The van der Waals surface area contributed by atoms with Gasteiger partial charge in [0.1, 0.15) is 0 Å². The van der Waals surface area contributed by atoms with Crippen LogP contribution in [0.2, 0.25) is 0 Å². The Balaban J connectivity index is 1.99. The fourth-order valence-electron chi connectivity index (χ4n) is 3.23. The number of nitrogens with zero attached hydrogens (tertiary/aromatic N) is 1. The number of hydrogen-bond donors (Lipinski definition) is 0. The summed E-state index contributed by atoms with van der Waals surface area (Å²) < 4.78 is 5.33. The molecule has 0 bridgehead atoms. The first-order valence-electron chi connectivity index (χ1n) is 8.91. The van der Waals surface area contributed by atoms with E-state index < -0.39 is 0 Å². The highest BCUT2D eigenvalue weighted by atomic mass is 16.5. The molecule has 1 fully saturated rings. The Bertz CT molecular complexity index is 501. The summed E-state index contributed by atoms with van der Waals surface area (Å²) in [5, 5.41) is 0. The molecule has 0 aromatic heterocycles. The number of ether oxygens (including phenoxy) is 1. The smallest absolute Gasteiger partial charge is 0.223 e. The van der Waals surface area contributed by atoms with E-state index in [-0.39, 0.29) is 17.4 Å². The lowest BCUT2D eigenvalue weighted by Gasteiger charge is -2.26. The lowest BCUT2D eigenvalue weighted by atomic mass is 9.86. The van der Waals surface area contributed by atoms with E-state index in [1.807, 2.05) is 6.92 Å². The van der Waals surface area contributed by atoms with Crippen LogP contribution in [-0.2, 0) is 14.9 Å². The first-order chi connectivity index (χ1) is 10.9. The van der Waals surface area contributed by atoms with Gasteiger partial charge in [0.15, 0.2) is 0 Å². The van der Waals surface area contributed by atoms with Gasteiger partial charge in [-0.1, -0.05) is 45.0 Å². The second-order valence-electron chi connectivity index (χ2n) is 7.42. The zero-order valence-corrected chi connectivity index (χ0v) is 15.1. The van der Waals surface area contributed by atoms with Gasteiger partial charge >= 0.3 is 0 Å².